The van der Waals surface area contributed by atoms with Crippen molar-refractivity contribution < 1.29 is 4.79 Å². The van der Waals surface area contributed by atoms with E-state index in [1.165, 1.54) is 16.9 Å². The van der Waals surface area contributed by atoms with Crippen molar-refractivity contribution in [1.82, 2.24) is 5.43 Å². The number of hydrazone groups is 1. The summed E-state index contributed by atoms with van der Waals surface area (Å²) in [5, 5.41) is 5.91. The summed E-state index contributed by atoms with van der Waals surface area (Å²) in [6.45, 7) is 2.04. The number of carbonyl (C=O) groups is 1. The normalized spacial score (nSPS) is 11.2. The SMILES string of the molecule is Cc1ccc(-c2ccsc2C(=O)N/N=C\C=C\c2ccccc2)cc1. The summed E-state index contributed by atoms with van der Waals surface area (Å²) in [4.78, 5) is 13.0. The first-order chi connectivity index (χ1) is 12.2. The predicted molar refractivity (Wildman–Crippen MR) is 106 cm³/mol. The topological polar surface area (TPSA) is 41.5 Å². The first kappa shape index (κ1) is 16.9. The molecule has 0 saturated heterocycles. The first-order valence-electron chi connectivity index (χ1n) is 7.94. The van der Waals surface area contributed by atoms with Crippen molar-refractivity contribution in [2.24, 2.45) is 5.10 Å². The van der Waals surface area contributed by atoms with E-state index in [0.717, 1.165) is 16.7 Å². The lowest BCUT2D eigenvalue weighted by molar-refractivity contribution is 0.0960. The van der Waals surface area contributed by atoms with Crippen molar-refractivity contribution in [1.29, 1.82) is 0 Å². The Morgan fingerprint density at radius 1 is 1.04 bits per heavy atom. The van der Waals surface area contributed by atoms with Crippen molar-refractivity contribution in [2.75, 3.05) is 0 Å². The molecule has 3 rings (SSSR count). The van der Waals surface area contributed by atoms with E-state index in [4.69, 9.17) is 0 Å². The van der Waals surface area contributed by atoms with Gasteiger partial charge in [0, 0.05) is 11.8 Å². The molecule has 0 spiro atoms. The van der Waals surface area contributed by atoms with E-state index in [-0.39, 0.29) is 5.91 Å². The number of nitrogens with zero attached hydrogens (tertiary/aromatic N) is 1. The van der Waals surface area contributed by atoms with E-state index < -0.39 is 0 Å². The minimum Gasteiger partial charge on any atom is -0.266 e. The zero-order valence-corrected chi connectivity index (χ0v) is 14.7. The molecule has 25 heavy (non-hydrogen) atoms. The average molecular weight is 346 g/mol. The highest BCUT2D eigenvalue weighted by molar-refractivity contribution is 7.12. The third-order valence-corrected chi connectivity index (χ3v) is 4.56. The molecule has 1 heterocycles. The average Bonchev–Trinajstić information content (AvgIpc) is 3.12. The molecule has 0 bridgehead atoms. The molecule has 0 atom stereocenters. The van der Waals surface area contributed by atoms with Crippen molar-refractivity contribution in [2.45, 2.75) is 6.92 Å². The molecule has 1 amide bonds. The van der Waals surface area contributed by atoms with Crippen molar-refractivity contribution in [3.63, 3.8) is 0 Å². The number of carbonyl (C=O) groups excluding carboxylic acids is 1. The van der Waals surface area contributed by atoms with Crippen LogP contribution < -0.4 is 5.43 Å². The van der Waals surface area contributed by atoms with Crippen molar-refractivity contribution in [3.8, 4) is 11.1 Å². The van der Waals surface area contributed by atoms with Gasteiger partial charge in [-0.25, -0.2) is 5.43 Å². The molecule has 3 nitrogen and oxygen atoms in total. The van der Waals surface area contributed by atoms with Crippen LogP contribution in [0.5, 0.6) is 0 Å². The predicted octanol–water partition coefficient (Wildman–Crippen LogP) is 5.15. The smallest absolute Gasteiger partial charge is 0.266 e. The maximum atomic E-state index is 12.4. The molecule has 0 saturated carbocycles. The fraction of sp³-hybridized carbons (Fsp3) is 0.0476. The second-order valence-corrected chi connectivity index (χ2v) is 6.43. The van der Waals surface area contributed by atoms with Gasteiger partial charge in [0.15, 0.2) is 0 Å². The second-order valence-electron chi connectivity index (χ2n) is 5.52. The number of aryl methyl sites for hydroxylation is 1. The van der Waals surface area contributed by atoms with E-state index >= 15 is 0 Å². The molecule has 0 aliphatic rings. The number of benzene rings is 2. The zero-order valence-electron chi connectivity index (χ0n) is 13.8. The van der Waals surface area contributed by atoms with E-state index in [1.54, 1.807) is 12.3 Å². The van der Waals surface area contributed by atoms with Gasteiger partial charge in [0.2, 0.25) is 0 Å². The number of allylic oxidation sites excluding steroid dienone is 1. The summed E-state index contributed by atoms with van der Waals surface area (Å²) >= 11 is 1.41. The molecule has 1 N–H and O–H groups in total. The molecule has 0 aliphatic heterocycles. The van der Waals surface area contributed by atoms with E-state index in [1.807, 2.05) is 79.0 Å². The molecule has 124 valence electrons. The van der Waals surface area contributed by atoms with Crippen LogP contribution in [-0.4, -0.2) is 12.1 Å². The van der Waals surface area contributed by atoms with Gasteiger partial charge in [0.25, 0.3) is 5.91 Å². The molecule has 3 aromatic rings. The minimum absolute atomic E-state index is 0.199. The monoisotopic (exact) mass is 346 g/mol. The van der Waals surface area contributed by atoms with Gasteiger partial charge in [0.05, 0.1) is 0 Å². The van der Waals surface area contributed by atoms with Crippen LogP contribution in [0.2, 0.25) is 0 Å². The van der Waals surface area contributed by atoms with Gasteiger partial charge in [-0.1, -0.05) is 66.2 Å². The molecule has 0 fully saturated rings. The summed E-state index contributed by atoms with van der Waals surface area (Å²) in [6.07, 6.45) is 5.30. The largest absolute Gasteiger partial charge is 0.282 e. The van der Waals surface area contributed by atoms with E-state index in [0.29, 0.717) is 4.88 Å². The number of rotatable bonds is 5. The number of amides is 1. The van der Waals surface area contributed by atoms with Crippen LogP contribution in [0.25, 0.3) is 17.2 Å². The fourth-order valence-electron chi connectivity index (χ4n) is 2.35. The maximum Gasteiger partial charge on any atom is 0.282 e. The highest BCUT2D eigenvalue weighted by Gasteiger charge is 2.13. The van der Waals surface area contributed by atoms with E-state index in [2.05, 4.69) is 10.5 Å². The Morgan fingerprint density at radius 2 is 1.80 bits per heavy atom. The third kappa shape index (κ3) is 4.52. The third-order valence-electron chi connectivity index (χ3n) is 3.65. The minimum atomic E-state index is -0.199. The number of hydrogen-bond acceptors (Lipinski definition) is 3. The highest BCUT2D eigenvalue weighted by Crippen LogP contribution is 2.28. The lowest BCUT2D eigenvalue weighted by Crippen LogP contribution is -2.16. The van der Waals surface area contributed by atoms with Gasteiger partial charge < -0.3 is 0 Å². The van der Waals surface area contributed by atoms with Gasteiger partial charge in [-0.05, 0) is 35.6 Å². The number of nitrogens with one attached hydrogen (secondary N) is 1. The Hall–Kier alpha value is -2.98. The summed E-state index contributed by atoms with van der Waals surface area (Å²) in [5.74, 6) is -0.199. The lowest BCUT2D eigenvalue weighted by atomic mass is 10.1. The summed E-state index contributed by atoms with van der Waals surface area (Å²) < 4.78 is 0. The molecular weight excluding hydrogens is 328 g/mol. The van der Waals surface area contributed by atoms with Gasteiger partial charge in [0.1, 0.15) is 4.88 Å². The number of thiophene rings is 1. The standard InChI is InChI=1S/C21H18N2OS/c1-16-9-11-18(12-10-16)19-13-15-25-20(19)21(24)23-22-14-5-8-17-6-3-2-4-7-17/h2-15H,1H3,(H,23,24)/b8-5+,22-14-. The molecular formula is C21H18N2OS. The Balaban J connectivity index is 1.64. The Kier molecular flexibility index (Phi) is 5.54. The zero-order chi connectivity index (χ0) is 17.5. The van der Waals surface area contributed by atoms with Crippen molar-refractivity contribution in [3.05, 3.63) is 88.1 Å². The van der Waals surface area contributed by atoms with Crippen LogP contribution in [-0.2, 0) is 0 Å². The lowest BCUT2D eigenvalue weighted by Gasteiger charge is -2.03. The Bertz CT molecular complexity index is 893. The molecule has 2 aromatic carbocycles. The molecule has 0 aliphatic carbocycles. The molecule has 0 radical (unpaired) electrons. The Morgan fingerprint density at radius 3 is 2.56 bits per heavy atom. The number of hydrogen-bond donors (Lipinski definition) is 1. The van der Waals surface area contributed by atoms with Crippen LogP contribution >= 0.6 is 11.3 Å². The maximum absolute atomic E-state index is 12.4. The van der Waals surface area contributed by atoms with Crippen LogP contribution in [0, 0.1) is 6.92 Å². The Labute approximate surface area is 151 Å². The van der Waals surface area contributed by atoms with Crippen LogP contribution in [0.15, 0.2) is 77.2 Å². The van der Waals surface area contributed by atoms with Gasteiger partial charge in [-0.2, -0.15) is 5.10 Å². The molecule has 1 aromatic heterocycles. The van der Waals surface area contributed by atoms with Crippen LogP contribution in [0.4, 0.5) is 0 Å². The van der Waals surface area contributed by atoms with Gasteiger partial charge in [-0.15, -0.1) is 11.3 Å². The van der Waals surface area contributed by atoms with Crippen LogP contribution in [0.3, 0.4) is 0 Å². The van der Waals surface area contributed by atoms with Crippen molar-refractivity contribution >= 4 is 29.5 Å². The second kappa shape index (κ2) is 8.22. The molecule has 0 unspecified atom stereocenters. The summed E-state index contributed by atoms with van der Waals surface area (Å²) in [7, 11) is 0. The quantitative estimate of drug-likeness (QED) is 0.503. The summed E-state index contributed by atoms with van der Waals surface area (Å²) in [5.41, 5.74) is 6.82. The van der Waals surface area contributed by atoms with Gasteiger partial charge in [-0.3, -0.25) is 4.79 Å². The van der Waals surface area contributed by atoms with Crippen LogP contribution in [0.1, 0.15) is 20.8 Å². The van der Waals surface area contributed by atoms with Gasteiger partial charge >= 0.3 is 0 Å². The fourth-order valence-corrected chi connectivity index (χ4v) is 3.16. The highest BCUT2D eigenvalue weighted by atomic mass is 32.1. The summed E-state index contributed by atoms with van der Waals surface area (Å²) in [6, 6.07) is 20.0. The van der Waals surface area contributed by atoms with E-state index in [9.17, 15) is 4.79 Å². The molecule has 4 heteroatoms. The first-order valence-corrected chi connectivity index (χ1v) is 8.81.